The van der Waals surface area contributed by atoms with Crippen molar-refractivity contribution in [3.8, 4) is 0 Å². The van der Waals surface area contributed by atoms with Crippen molar-refractivity contribution in [3.63, 3.8) is 0 Å². The van der Waals surface area contributed by atoms with Crippen molar-refractivity contribution in [1.29, 1.82) is 0 Å². The molecule has 0 aromatic carbocycles. The summed E-state index contributed by atoms with van der Waals surface area (Å²) in [4.78, 5) is 0. The maximum atomic E-state index is 6.24. The molecular formula is C12H23NO. The van der Waals surface area contributed by atoms with E-state index in [9.17, 15) is 0 Å². The van der Waals surface area contributed by atoms with Gasteiger partial charge in [-0.05, 0) is 42.9 Å². The molecule has 1 saturated carbocycles. The van der Waals surface area contributed by atoms with E-state index in [0.717, 1.165) is 25.0 Å². The van der Waals surface area contributed by atoms with E-state index in [1.807, 2.05) is 0 Å². The number of hydrogen-bond acceptors (Lipinski definition) is 2. The summed E-state index contributed by atoms with van der Waals surface area (Å²) < 4.78 is 5.36. The Morgan fingerprint density at radius 1 is 1.36 bits per heavy atom. The van der Waals surface area contributed by atoms with Crippen LogP contribution in [0.25, 0.3) is 0 Å². The van der Waals surface area contributed by atoms with Crippen molar-refractivity contribution in [2.24, 2.45) is 23.0 Å². The summed E-state index contributed by atoms with van der Waals surface area (Å²) in [6.07, 6.45) is 5.00. The van der Waals surface area contributed by atoms with Gasteiger partial charge < -0.3 is 10.5 Å². The van der Waals surface area contributed by atoms with Gasteiger partial charge in [-0.15, -0.1) is 0 Å². The quantitative estimate of drug-likeness (QED) is 0.752. The van der Waals surface area contributed by atoms with Crippen LogP contribution in [0.3, 0.4) is 0 Å². The number of hydrogen-bond donors (Lipinski definition) is 1. The number of rotatable bonds is 3. The lowest BCUT2D eigenvalue weighted by molar-refractivity contribution is 0.0608. The molecule has 1 saturated heterocycles. The van der Waals surface area contributed by atoms with Crippen LogP contribution in [0.2, 0.25) is 0 Å². The molecule has 0 aromatic heterocycles. The van der Waals surface area contributed by atoms with E-state index >= 15 is 0 Å². The molecule has 2 unspecified atom stereocenters. The molecule has 2 atom stereocenters. The topological polar surface area (TPSA) is 35.2 Å². The van der Waals surface area contributed by atoms with E-state index in [2.05, 4.69) is 13.8 Å². The Balaban J connectivity index is 1.74. The van der Waals surface area contributed by atoms with Crippen LogP contribution in [-0.2, 0) is 4.74 Å². The minimum atomic E-state index is 0.438. The van der Waals surface area contributed by atoms with Crippen molar-refractivity contribution in [2.75, 3.05) is 13.2 Å². The van der Waals surface area contributed by atoms with Crippen molar-refractivity contribution in [3.05, 3.63) is 0 Å². The van der Waals surface area contributed by atoms with Crippen molar-refractivity contribution in [2.45, 2.75) is 45.6 Å². The zero-order chi connectivity index (χ0) is 10.2. The monoisotopic (exact) mass is 197 g/mol. The summed E-state index contributed by atoms with van der Waals surface area (Å²) >= 11 is 0. The Bertz CT molecular complexity index is 196. The molecule has 1 aliphatic carbocycles. The van der Waals surface area contributed by atoms with E-state index in [-0.39, 0.29) is 0 Å². The third-order valence-electron chi connectivity index (χ3n) is 4.05. The number of nitrogens with two attached hydrogens (primary N) is 1. The molecule has 0 spiro atoms. The highest BCUT2D eigenvalue weighted by molar-refractivity contribution is 5.01. The normalized spacial score (nSPS) is 34.1. The molecular weight excluding hydrogens is 174 g/mol. The van der Waals surface area contributed by atoms with Gasteiger partial charge in [-0.3, -0.25) is 0 Å². The van der Waals surface area contributed by atoms with Crippen LogP contribution in [0.1, 0.15) is 39.5 Å². The summed E-state index contributed by atoms with van der Waals surface area (Å²) in [5, 5.41) is 0. The molecule has 1 aliphatic heterocycles. The lowest BCUT2D eigenvalue weighted by atomic mass is 9.89. The van der Waals surface area contributed by atoms with Gasteiger partial charge in [0.2, 0.25) is 0 Å². The highest BCUT2D eigenvalue weighted by Gasteiger charge is 2.49. The van der Waals surface area contributed by atoms with E-state index in [4.69, 9.17) is 10.5 Å². The maximum Gasteiger partial charge on any atom is 0.0468 e. The van der Waals surface area contributed by atoms with Gasteiger partial charge in [0.05, 0.1) is 0 Å². The Morgan fingerprint density at radius 3 is 2.43 bits per heavy atom. The average Bonchev–Trinajstić information content (AvgIpc) is 2.77. The van der Waals surface area contributed by atoms with E-state index in [0.29, 0.717) is 11.5 Å². The van der Waals surface area contributed by atoms with Crippen LogP contribution in [0.15, 0.2) is 0 Å². The van der Waals surface area contributed by atoms with Gasteiger partial charge in [0.15, 0.2) is 0 Å². The predicted octanol–water partition coefficient (Wildman–Crippen LogP) is 2.18. The molecule has 0 amide bonds. The fraction of sp³-hybridized carbons (Fsp3) is 1.00. The second-order valence-corrected chi connectivity index (χ2v) is 5.75. The minimum absolute atomic E-state index is 0.438. The first-order chi connectivity index (χ1) is 6.59. The van der Waals surface area contributed by atoms with Crippen LogP contribution in [0.4, 0.5) is 0 Å². The molecule has 1 heterocycles. The largest absolute Gasteiger partial charge is 0.381 e. The molecule has 0 aromatic rings. The second-order valence-electron chi connectivity index (χ2n) is 5.75. The van der Waals surface area contributed by atoms with Crippen LogP contribution >= 0.6 is 0 Å². The third kappa shape index (κ3) is 2.29. The highest BCUT2D eigenvalue weighted by atomic mass is 16.5. The molecule has 0 bridgehead atoms. The Kier molecular flexibility index (Phi) is 2.85. The molecule has 2 N–H and O–H groups in total. The summed E-state index contributed by atoms with van der Waals surface area (Å²) in [5.41, 5.74) is 6.78. The van der Waals surface area contributed by atoms with Gasteiger partial charge in [0.1, 0.15) is 0 Å². The van der Waals surface area contributed by atoms with Crippen molar-refractivity contribution < 1.29 is 4.74 Å². The average molecular weight is 197 g/mol. The van der Waals surface area contributed by atoms with E-state index in [1.54, 1.807) is 0 Å². The molecule has 2 heteroatoms. The van der Waals surface area contributed by atoms with E-state index < -0.39 is 0 Å². The first-order valence-corrected chi connectivity index (χ1v) is 5.93. The molecule has 2 fully saturated rings. The molecule has 2 aliphatic rings. The fourth-order valence-electron chi connectivity index (χ4n) is 2.77. The number of ether oxygens (including phenoxy) is 1. The summed E-state index contributed by atoms with van der Waals surface area (Å²) in [6.45, 7) is 6.57. The zero-order valence-electron chi connectivity index (χ0n) is 9.46. The summed E-state index contributed by atoms with van der Waals surface area (Å²) in [7, 11) is 0. The smallest absolute Gasteiger partial charge is 0.0468 e. The first kappa shape index (κ1) is 10.4. The Morgan fingerprint density at radius 2 is 1.93 bits per heavy atom. The first-order valence-electron chi connectivity index (χ1n) is 5.93. The lowest BCUT2D eigenvalue weighted by Crippen LogP contribution is -2.30. The Hall–Kier alpha value is -0.0800. The van der Waals surface area contributed by atoms with Gasteiger partial charge in [0.25, 0.3) is 0 Å². The predicted molar refractivity (Wildman–Crippen MR) is 58.0 cm³/mol. The van der Waals surface area contributed by atoms with Gasteiger partial charge in [0, 0.05) is 19.3 Å². The standard InChI is InChI=1S/C12H23NO/c1-12(2)8-10(12)11(13)7-9-3-5-14-6-4-9/h9-11H,3-8,13H2,1-2H3. The van der Waals surface area contributed by atoms with Crippen LogP contribution in [-0.4, -0.2) is 19.3 Å². The molecule has 14 heavy (non-hydrogen) atoms. The lowest BCUT2D eigenvalue weighted by Gasteiger charge is -2.25. The molecule has 0 radical (unpaired) electrons. The second kappa shape index (κ2) is 3.82. The van der Waals surface area contributed by atoms with Gasteiger partial charge in [-0.2, -0.15) is 0 Å². The third-order valence-corrected chi connectivity index (χ3v) is 4.05. The summed E-state index contributed by atoms with van der Waals surface area (Å²) in [6, 6.07) is 0.438. The van der Waals surface area contributed by atoms with E-state index in [1.165, 1.54) is 25.7 Å². The van der Waals surface area contributed by atoms with Gasteiger partial charge >= 0.3 is 0 Å². The summed E-state index contributed by atoms with van der Waals surface area (Å²) in [5.74, 6) is 1.61. The van der Waals surface area contributed by atoms with Gasteiger partial charge in [-0.25, -0.2) is 0 Å². The SMILES string of the molecule is CC1(C)CC1C(N)CC1CCOCC1. The maximum absolute atomic E-state index is 6.24. The highest BCUT2D eigenvalue weighted by Crippen LogP contribution is 2.54. The van der Waals surface area contributed by atoms with Gasteiger partial charge in [-0.1, -0.05) is 13.8 Å². The Labute approximate surface area is 87.2 Å². The molecule has 2 nitrogen and oxygen atoms in total. The van der Waals surface area contributed by atoms with Crippen molar-refractivity contribution >= 4 is 0 Å². The zero-order valence-corrected chi connectivity index (χ0v) is 9.46. The molecule has 82 valence electrons. The minimum Gasteiger partial charge on any atom is -0.381 e. The van der Waals surface area contributed by atoms with Crippen molar-refractivity contribution in [1.82, 2.24) is 0 Å². The fourth-order valence-corrected chi connectivity index (χ4v) is 2.77. The van der Waals surface area contributed by atoms with Crippen LogP contribution < -0.4 is 5.73 Å². The van der Waals surface area contributed by atoms with Crippen LogP contribution in [0, 0.1) is 17.3 Å². The van der Waals surface area contributed by atoms with Crippen LogP contribution in [0.5, 0.6) is 0 Å². The molecule has 2 rings (SSSR count).